The first-order valence-corrected chi connectivity index (χ1v) is 6.55. The van der Waals surface area contributed by atoms with Gasteiger partial charge in [-0.05, 0) is 30.3 Å². The van der Waals surface area contributed by atoms with Crippen molar-refractivity contribution in [1.29, 1.82) is 0 Å². The van der Waals surface area contributed by atoms with Crippen molar-refractivity contribution in [2.45, 2.75) is 0 Å². The Morgan fingerprint density at radius 2 is 1.86 bits per heavy atom. The molecule has 3 heterocycles. The van der Waals surface area contributed by atoms with E-state index in [4.69, 9.17) is 4.42 Å². The van der Waals surface area contributed by atoms with Crippen molar-refractivity contribution in [2.24, 2.45) is 0 Å². The van der Waals surface area contributed by atoms with Gasteiger partial charge in [0.2, 0.25) is 5.43 Å². The zero-order chi connectivity index (χ0) is 14.2. The Morgan fingerprint density at radius 1 is 0.905 bits per heavy atom. The van der Waals surface area contributed by atoms with Gasteiger partial charge in [-0.15, -0.1) is 0 Å². The van der Waals surface area contributed by atoms with Crippen molar-refractivity contribution in [3.8, 4) is 11.3 Å². The summed E-state index contributed by atoms with van der Waals surface area (Å²) in [6.45, 7) is 0. The highest BCUT2D eigenvalue weighted by Crippen LogP contribution is 2.27. The first-order valence-electron chi connectivity index (χ1n) is 6.55. The molecular weight excluding hydrogens is 264 g/mol. The molecule has 0 saturated heterocycles. The molecule has 21 heavy (non-hydrogen) atoms. The van der Waals surface area contributed by atoms with Crippen molar-refractivity contribution >= 4 is 21.9 Å². The third-order valence-corrected chi connectivity index (χ3v) is 3.44. The van der Waals surface area contributed by atoms with Crippen LogP contribution in [0.5, 0.6) is 0 Å². The molecule has 0 aliphatic heterocycles. The molecule has 0 amide bonds. The molecule has 0 saturated carbocycles. The number of hydrogen-bond acceptors (Lipinski definition) is 4. The molecule has 0 unspecified atom stereocenters. The third-order valence-electron chi connectivity index (χ3n) is 3.44. The van der Waals surface area contributed by atoms with Gasteiger partial charge in [-0.2, -0.15) is 0 Å². The number of nitrogens with zero attached hydrogens (tertiary/aromatic N) is 2. The van der Waals surface area contributed by atoms with Gasteiger partial charge in [-0.25, -0.2) is 0 Å². The molecule has 0 bridgehead atoms. The van der Waals surface area contributed by atoms with Gasteiger partial charge in [0.1, 0.15) is 11.2 Å². The Morgan fingerprint density at radius 3 is 2.71 bits per heavy atom. The fourth-order valence-corrected chi connectivity index (χ4v) is 2.45. The van der Waals surface area contributed by atoms with E-state index in [1.807, 2.05) is 30.3 Å². The molecule has 4 nitrogen and oxygen atoms in total. The lowest BCUT2D eigenvalue weighted by Crippen LogP contribution is -2.03. The second-order valence-corrected chi connectivity index (χ2v) is 4.70. The third kappa shape index (κ3) is 1.80. The monoisotopic (exact) mass is 274 g/mol. The number of fused-ring (bicyclic) bond motifs is 2. The average molecular weight is 274 g/mol. The van der Waals surface area contributed by atoms with E-state index in [1.54, 1.807) is 24.5 Å². The summed E-state index contributed by atoms with van der Waals surface area (Å²) >= 11 is 0. The van der Waals surface area contributed by atoms with Crippen LogP contribution in [0.2, 0.25) is 0 Å². The summed E-state index contributed by atoms with van der Waals surface area (Å²) in [6.07, 6.45) is 4.87. The van der Waals surface area contributed by atoms with E-state index >= 15 is 0 Å². The highest BCUT2D eigenvalue weighted by molar-refractivity contribution is 5.96. The molecule has 3 aromatic heterocycles. The lowest BCUT2D eigenvalue weighted by atomic mass is 10.1. The molecule has 4 heteroatoms. The highest BCUT2D eigenvalue weighted by atomic mass is 16.3. The van der Waals surface area contributed by atoms with Crippen molar-refractivity contribution in [3.05, 3.63) is 71.3 Å². The Labute approximate surface area is 119 Å². The van der Waals surface area contributed by atoms with Gasteiger partial charge in [0.25, 0.3) is 0 Å². The van der Waals surface area contributed by atoms with Crippen LogP contribution in [0.3, 0.4) is 0 Å². The van der Waals surface area contributed by atoms with Crippen LogP contribution < -0.4 is 5.43 Å². The van der Waals surface area contributed by atoms with Gasteiger partial charge in [0.15, 0.2) is 0 Å². The normalized spacial score (nSPS) is 11.0. The van der Waals surface area contributed by atoms with Crippen LogP contribution >= 0.6 is 0 Å². The van der Waals surface area contributed by atoms with Gasteiger partial charge in [0.05, 0.1) is 16.5 Å². The number of aromatic nitrogens is 2. The number of benzene rings is 1. The minimum Gasteiger partial charge on any atom is -0.455 e. The van der Waals surface area contributed by atoms with Crippen molar-refractivity contribution in [1.82, 2.24) is 9.97 Å². The standard InChI is InChI=1S/C17H10N2O2/c20-16-12-5-3-4-11(14-6-1-2-8-19-14)17(12)21-15-7-9-18-10-13(15)16/h1-10H. The number of para-hydroxylation sites is 1. The Bertz CT molecular complexity index is 1010. The maximum atomic E-state index is 12.6. The van der Waals surface area contributed by atoms with Crippen LogP contribution in [-0.2, 0) is 0 Å². The number of rotatable bonds is 1. The lowest BCUT2D eigenvalue weighted by Gasteiger charge is -2.06. The molecule has 0 fully saturated rings. The topological polar surface area (TPSA) is 56.0 Å². The molecule has 1 aromatic carbocycles. The van der Waals surface area contributed by atoms with Crippen LogP contribution in [-0.4, -0.2) is 9.97 Å². The smallest absolute Gasteiger partial charge is 0.202 e. The summed E-state index contributed by atoms with van der Waals surface area (Å²) < 4.78 is 5.93. The van der Waals surface area contributed by atoms with Gasteiger partial charge in [0, 0.05) is 24.2 Å². The highest BCUT2D eigenvalue weighted by Gasteiger charge is 2.12. The average Bonchev–Trinajstić information content (AvgIpc) is 2.56. The number of hydrogen-bond donors (Lipinski definition) is 0. The van der Waals surface area contributed by atoms with Crippen molar-refractivity contribution in [2.75, 3.05) is 0 Å². The van der Waals surface area contributed by atoms with Crippen LogP contribution in [0.15, 0.2) is 70.3 Å². The molecule has 0 atom stereocenters. The predicted octanol–water partition coefficient (Wildman–Crippen LogP) is 3.40. The predicted molar refractivity (Wildman–Crippen MR) is 81.0 cm³/mol. The SMILES string of the molecule is O=c1c2cnccc2oc2c(-c3ccccn3)cccc12. The summed E-state index contributed by atoms with van der Waals surface area (Å²) in [4.78, 5) is 20.9. The largest absolute Gasteiger partial charge is 0.455 e. The van der Waals surface area contributed by atoms with E-state index in [0.717, 1.165) is 11.3 Å². The van der Waals surface area contributed by atoms with Crippen molar-refractivity contribution in [3.63, 3.8) is 0 Å². The minimum absolute atomic E-state index is 0.0721. The zero-order valence-corrected chi connectivity index (χ0v) is 11.0. The Hall–Kier alpha value is -3.01. The summed E-state index contributed by atoms with van der Waals surface area (Å²) in [5.41, 5.74) is 2.60. The quantitative estimate of drug-likeness (QED) is 0.499. The molecule has 4 rings (SSSR count). The molecule has 0 N–H and O–H groups in total. The minimum atomic E-state index is -0.0721. The van der Waals surface area contributed by atoms with E-state index < -0.39 is 0 Å². The number of pyridine rings is 2. The first kappa shape index (κ1) is 11.8. The second kappa shape index (κ2) is 4.52. The lowest BCUT2D eigenvalue weighted by molar-refractivity contribution is 0.660. The second-order valence-electron chi connectivity index (χ2n) is 4.70. The summed E-state index contributed by atoms with van der Waals surface area (Å²) in [5, 5.41) is 1.03. The molecule has 0 radical (unpaired) electrons. The first-order chi connectivity index (χ1) is 10.3. The molecule has 100 valence electrons. The molecular formula is C17H10N2O2. The van der Waals surface area contributed by atoms with E-state index in [1.165, 1.54) is 6.20 Å². The summed E-state index contributed by atoms with van der Waals surface area (Å²) in [7, 11) is 0. The summed E-state index contributed by atoms with van der Waals surface area (Å²) in [6, 6.07) is 12.9. The van der Waals surface area contributed by atoms with Crippen LogP contribution in [0, 0.1) is 0 Å². The van der Waals surface area contributed by atoms with E-state index in [2.05, 4.69) is 9.97 Å². The fraction of sp³-hybridized carbons (Fsp3) is 0. The molecule has 0 aliphatic rings. The Balaban J connectivity index is 2.18. The van der Waals surface area contributed by atoms with E-state index in [9.17, 15) is 4.79 Å². The van der Waals surface area contributed by atoms with Gasteiger partial charge in [-0.3, -0.25) is 14.8 Å². The van der Waals surface area contributed by atoms with Gasteiger partial charge in [-0.1, -0.05) is 12.1 Å². The zero-order valence-electron chi connectivity index (χ0n) is 11.0. The fourth-order valence-electron chi connectivity index (χ4n) is 2.45. The summed E-state index contributed by atoms with van der Waals surface area (Å²) in [5.74, 6) is 0. The van der Waals surface area contributed by atoms with Crippen molar-refractivity contribution < 1.29 is 4.42 Å². The Kier molecular flexibility index (Phi) is 2.54. The maximum Gasteiger partial charge on any atom is 0.202 e. The van der Waals surface area contributed by atoms with Gasteiger partial charge >= 0.3 is 0 Å². The van der Waals surface area contributed by atoms with Crippen LogP contribution in [0.25, 0.3) is 33.2 Å². The van der Waals surface area contributed by atoms with Crippen LogP contribution in [0.1, 0.15) is 0 Å². The van der Waals surface area contributed by atoms with Crippen LogP contribution in [0.4, 0.5) is 0 Å². The maximum absolute atomic E-state index is 12.6. The van der Waals surface area contributed by atoms with E-state index in [-0.39, 0.29) is 5.43 Å². The van der Waals surface area contributed by atoms with E-state index in [0.29, 0.717) is 21.9 Å². The molecule has 0 spiro atoms. The molecule has 0 aliphatic carbocycles. The molecule has 4 aromatic rings. The van der Waals surface area contributed by atoms with Gasteiger partial charge < -0.3 is 4.42 Å².